The van der Waals surface area contributed by atoms with Crippen molar-refractivity contribution in [3.63, 3.8) is 0 Å². The molecule has 0 spiro atoms. The number of thioether (sulfide) groups is 1. The summed E-state index contributed by atoms with van der Waals surface area (Å²) in [4.78, 5) is 45.3. The van der Waals surface area contributed by atoms with Crippen molar-refractivity contribution in [2.75, 3.05) is 12.9 Å². The molecule has 0 saturated heterocycles. The number of carbonyl (C=O) groups is 1. The Bertz CT molecular complexity index is 2140. The van der Waals surface area contributed by atoms with Crippen molar-refractivity contribution < 1.29 is 18.9 Å². The van der Waals surface area contributed by atoms with Gasteiger partial charge in [-0.3, -0.25) is 19.5 Å². The van der Waals surface area contributed by atoms with Gasteiger partial charge < -0.3 is 9.15 Å². The number of fused-ring (bicyclic) bond motifs is 1. The van der Waals surface area contributed by atoms with Gasteiger partial charge in [0.25, 0.3) is 11.2 Å². The molecule has 11 heteroatoms. The molecular weight excluding hydrogens is 611 g/mol. The van der Waals surface area contributed by atoms with E-state index in [9.17, 15) is 19.7 Å². The summed E-state index contributed by atoms with van der Waals surface area (Å²) in [7, 11) is 0. The van der Waals surface area contributed by atoms with Gasteiger partial charge in [0.1, 0.15) is 11.5 Å². The van der Waals surface area contributed by atoms with E-state index in [4.69, 9.17) is 14.1 Å². The molecule has 0 saturated carbocycles. The molecule has 0 aliphatic carbocycles. The van der Waals surface area contributed by atoms with Gasteiger partial charge in [-0.25, -0.2) is 9.79 Å². The first-order valence-corrected chi connectivity index (χ1v) is 16.1. The summed E-state index contributed by atoms with van der Waals surface area (Å²) in [6.45, 7) is 3.68. The summed E-state index contributed by atoms with van der Waals surface area (Å²) in [6.07, 6.45) is 3.57. The number of hydrogen-bond acceptors (Lipinski definition) is 9. The van der Waals surface area contributed by atoms with E-state index >= 15 is 0 Å². The number of ether oxygens (including phenoxy) is 1. The lowest BCUT2D eigenvalue weighted by Gasteiger charge is -2.26. The fourth-order valence-corrected chi connectivity index (χ4v) is 6.64. The molecule has 1 aliphatic heterocycles. The van der Waals surface area contributed by atoms with Crippen molar-refractivity contribution >= 4 is 46.5 Å². The molecule has 1 aliphatic rings. The highest BCUT2D eigenvalue weighted by atomic mass is 32.2. The Morgan fingerprint density at radius 3 is 2.56 bits per heavy atom. The molecule has 3 heterocycles. The number of aryl methyl sites for hydroxylation is 1. The number of nitro benzene ring substituents is 1. The predicted octanol–water partition coefficient (Wildman–Crippen LogP) is 6.13. The van der Waals surface area contributed by atoms with Crippen molar-refractivity contribution in [2.24, 2.45) is 4.99 Å². The van der Waals surface area contributed by atoms with Gasteiger partial charge >= 0.3 is 5.97 Å². The lowest BCUT2D eigenvalue weighted by Crippen LogP contribution is -2.40. The Hall–Kier alpha value is -5.00. The molecule has 1 atom stereocenters. The second-order valence-corrected chi connectivity index (χ2v) is 12.1. The number of furan rings is 1. The molecule has 45 heavy (non-hydrogen) atoms. The smallest absolute Gasteiger partial charge is 0.338 e. The third kappa shape index (κ3) is 5.79. The van der Waals surface area contributed by atoms with Crippen LogP contribution in [0.15, 0.2) is 110 Å². The van der Waals surface area contributed by atoms with Crippen molar-refractivity contribution in [2.45, 2.75) is 24.8 Å². The van der Waals surface area contributed by atoms with Crippen LogP contribution >= 0.6 is 23.1 Å². The number of hydrogen-bond donors (Lipinski definition) is 0. The van der Waals surface area contributed by atoms with Crippen LogP contribution in [0.4, 0.5) is 5.69 Å². The van der Waals surface area contributed by atoms with E-state index in [1.165, 1.54) is 22.0 Å². The van der Waals surface area contributed by atoms with Crippen LogP contribution in [0, 0.1) is 17.0 Å². The number of esters is 1. The third-order valence-electron chi connectivity index (χ3n) is 7.32. The van der Waals surface area contributed by atoms with Crippen LogP contribution in [0.3, 0.4) is 0 Å². The maximum absolute atomic E-state index is 14.1. The van der Waals surface area contributed by atoms with Crippen LogP contribution < -0.4 is 14.9 Å². The van der Waals surface area contributed by atoms with Crippen LogP contribution in [-0.2, 0) is 9.53 Å². The zero-order valence-corrected chi connectivity index (χ0v) is 26.2. The van der Waals surface area contributed by atoms with Gasteiger partial charge in [-0.05, 0) is 61.6 Å². The lowest BCUT2D eigenvalue weighted by atomic mass is 9.93. The maximum Gasteiger partial charge on any atom is 0.338 e. The van der Waals surface area contributed by atoms with E-state index in [0.717, 1.165) is 21.6 Å². The highest BCUT2D eigenvalue weighted by Crippen LogP contribution is 2.36. The van der Waals surface area contributed by atoms with Crippen molar-refractivity contribution in [3.8, 4) is 11.3 Å². The second kappa shape index (κ2) is 12.5. The van der Waals surface area contributed by atoms with Crippen LogP contribution in [0.1, 0.15) is 35.4 Å². The van der Waals surface area contributed by atoms with E-state index in [0.29, 0.717) is 32.1 Å². The zero-order valence-electron chi connectivity index (χ0n) is 24.6. The molecule has 0 amide bonds. The number of thiazole rings is 1. The van der Waals surface area contributed by atoms with Gasteiger partial charge in [0.05, 0.1) is 38.9 Å². The fraction of sp³-hybridized carbons (Fsp3) is 0.147. The van der Waals surface area contributed by atoms with Crippen LogP contribution in [-0.4, -0.2) is 28.3 Å². The Morgan fingerprint density at radius 1 is 1.11 bits per heavy atom. The van der Waals surface area contributed by atoms with Gasteiger partial charge in [0.2, 0.25) is 0 Å². The van der Waals surface area contributed by atoms with Crippen molar-refractivity contribution in [1.29, 1.82) is 0 Å². The van der Waals surface area contributed by atoms with Crippen molar-refractivity contribution in [1.82, 2.24) is 4.57 Å². The molecule has 0 radical (unpaired) electrons. The minimum absolute atomic E-state index is 0.0669. The van der Waals surface area contributed by atoms with Gasteiger partial charge in [-0.1, -0.05) is 59.9 Å². The summed E-state index contributed by atoms with van der Waals surface area (Å²) in [6, 6.07) is 24.5. The zero-order chi connectivity index (χ0) is 31.7. The normalized spacial score (nSPS) is 14.6. The second-order valence-electron chi connectivity index (χ2n) is 10.2. The van der Waals surface area contributed by atoms with Crippen LogP contribution in [0.25, 0.3) is 23.1 Å². The first-order chi connectivity index (χ1) is 21.8. The summed E-state index contributed by atoms with van der Waals surface area (Å²) in [5, 5.41) is 11.7. The average molecular weight is 638 g/mol. The molecule has 0 bridgehead atoms. The highest BCUT2D eigenvalue weighted by molar-refractivity contribution is 7.98. The largest absolute Gasteiger partial charge is 0.463 e. The van der Waals surface area contributed by atoms with E-state index in [1.807, 2.05) is 60.9 Å². The Balaban J connectivity index is 1.55. The molecule has 0 N–H and O–H groups in total. The fourth-order valence-electron chi connectivity index (χ4n) is 5.25. The molecule has 226 valence electrons. The topological polar surface area (TPSA) is 117 Å². The van der Waals surface area contributed by atoms with Gasteiger partial charge in [-0.15, -0.1) is 11.8 Å². The van der Waals surface area contributed by atoms with E-state index in [-0.39, 0.29) is 23.4 Å². The van der Waals surface area contributed by atoms with Gasteiger partial charge in [0, 0.05) is 22.6 Å². The van der Waals surface area contributed by atoms with E-state index < -0.39 is 16.9 Å². The Kier molecular flexibility index (Phi) is 8.38. The standard InChI is InChI=1S/C34H27N3O6S2/c1-4-42-33(39)29-30(21-8-6-5-7-9-21)35-34-36(31(29)22-11-14-24(44-3)15-12-22)32(38)28(45-34)19-23-13-17-27(43-23)25-16-10-20(2)18-26(25)37(40)41/h5-19,31H,4H2,1-3H3/b28-19-/t31-/m1/s1. The molecule has 5 aromatic rings. The minimum atomic E-state index is -0.795. The predicted molar refractivity (Wildman–Crippen MR) is 175 cm³/mol. The van der Waals surface area contributed by atoms with E-state index in [1.54, 1.807) is 56.0 Å². The summed E-state index contributed by atoms with van der Waals surface area (Å²) in [5.41, 5.74) is 2.84. The van der Waals surface area contributed by atoms with Gasteiger partial charge in [-0.2, -0.15) is 0 Å². The molecule has 3 aromatic carbocycles. The maximum atomic E-state index is 14.1. The molecular formula is C34H27N3O6S2. The Labute approximate surface area is 266 Å². The minimum Gasteiger partial charge on any atom is -0.463 e. The first-order valence-electron chi connectivity index (χ1n) is 14.1. The number of carbonyl (C=O) groups excluding carboxylic acids is 1. The number of aromatic nitrogens is 1. The number of nitro groups is 1. The molecule has 6 rings (SSSR count). The van der Waals surface area contributed by atoms with Crippen molar-refractivity contribution in [3.05, 3.63) is 143 Å². The monoisotopic (exact) mass is 637 g/mol. The number of benzene rings is 3. The Morgan fingerprint density at radius 2 is 1.87 bits per heavy atom. The molecule has 2 aromatic heterocycles. The highest BCUT2D eigenvalue weighted by Gasteiger charge is 2.35. The summed E-state index contributed by atoms with van der Waals surface area (Å²) < 4.78 is 13.4. The van der Waals surface area contributed by atoms with Crippen LogP contribution in [0.5, 0.6) is 0 Å². The molecule has 9 nitrogen and oxygen atoms in total. The SMILES string of the molecule is CCOC(=O)C1=C(c2ccccc2)N=c2s/c(=C\c3ccc(-c4ccc(C)cc4[N+](=O)[O-])o3)c(=O)n2[C@@H]1c1ccc(SC)cc1. The molecule has 0 unspecified atom stereocenters. The summed E-state index contributed by atoms with van der Waals surface area (Å²) in [5.74, 6) is 0.103. The quantitative estimate of drug-likeness (QED) is 0.0869. The average Bonchev–Trinajstić information content (AvgIpc) is 3.64. The first kappa shape index (κ1) is 30.0. The van der Waals surface area contributed by atoms with Gasteiger partial charge in [0.15, 0.2) is 4.80 Å². The van der Waals surface area contributed by atoms with Crippen LogP contribution in [0.2, 0.25) is 0 Å². The third-order valence-corrected chi connectivity index (χ3v) is 9.05. The number of rotatable bonds is 8. The van der Waals surface area contributed by atoms with E-state index in [2.05, 4.69) is 0 Å². The number of nitrogens with zero attached hydrogens (tertiary/aromatic N) is 3. The summed E-state index contributed by atoms with van der Waals surface area (Å²) >= 11 is 2.77. The lowest BCUT2D eigenvalue weighted by molar-refractivity contribution is -0.384. The molecule has 0 fully saturated rings.